The van der Waals surface area contributed by atoms with Gasteiger partial charge in [0, 0.05) is 12.6 Å². The lowest BCUT2D eigenvalue weighted by Gasteiger charge is -2.09. The van der Waals surface area contributed by atoms with Crippen LogP contribution in [0.4, 0.5) is 0 Å². The normalized spacial score (nSPS) is 16.6. The van der Waals surface area contributed by atoms with Crippen molar-refractivity contribution in [3.05, 3.63) is 45.2 Å². The molecule has 1 fully saturated rings. The summed E-state index contributed by atoms with van der Waals surface area (Å²) in [6.07, 6.45) is 2.88. The highest BCUT2D eigenvalue weighted by molar-refractivity contribution is 8.26. The number of nitrogens with zero attached hydrogens (tertiary/aromatic N) is 1. The fourth-order valence-corrected chi connectivity index (χ4v) is 3.64. The van der Waals surface area contributed by atoms with E-state index in [2.05, 4.69) is 0 Å². The van der Waals surface area contributed by atoms with Crippen molar-refractivity contribution in [3.8, 4) is 5.75 Å². The molecule has 0 unspecified atom stereocenters. The number of thioether (sulfide) groups is 1. The fraction of sp³-hybridized carbons (Fsp3) is 0.188. The van der Waals surface area contributed by atoms with Gasteiger partial charge in [-0.3, -0.25) is 14.5 Å². The minimum atomic E-state index is -0.198. The molecule has 1 aliphatic heterocycles. The second-order valence-corrected chi connectivity index (χ2v) is 6.48. The van der Waals surface area contributed by atoms with E-state index in [0.29, 0.717) is 38.1 Å². The summed E-state index contributed by atoms with van der Waals surface area (Å²) in [5, 5.41) is 0.436. The molecule has 5 nitrogen and oxygen atoms in total. The third-order valence-electron chi connectivity index (χ3n) is 3.48. The zero-order valence-corrected chi connectivity index (χ0v) is 14.1. The SMILES string of the molecule is CCN1C(=O)/C(=C/c2coc3cc(OC)ccc3c2=O)SC1=S. The number of ether oxygens (including phenoxy) is 1. The molecule has 0 bridgehead atoms. The van der Waals surface area contributed by atoms with Gasteiger partial charge in [0.25, 0.3) is 5.91 Å². The first-order valence-corrected chi connectivity index (χ1v) is 8.12. The number of fused-ring (bicyclic) bond motifs is 1. The Morgan fingerprint density at radius 3 is 2.83 bits per heavy atom. The lowest BCUT2D eigenvalue weighted by molar-refractivity contribution is -0.121. The first-order valence-electron chi connectivity index (χ1n) is 6.90. The Morgan fingerprint density at radius 1 is 1.39 bits per heavy atom. The topological polar surface area (TPSA) is 59.8 Å². The van der Waals surface area contributed by atoms with E-state index in [-0.39, 0.29) is 11.3 Å². The van der Waals surface area contributed by atoms with E-state index in [4.69, 9.17) is 21.4 Å². The van der Waals surface area contributed by atoms with Crippen molar-refractivity contribution in [1.29, 1.82) is 0 Å². The van der Waals surface area contributed by atoms with Gasteiger partial charge in [-0.1, -0.05) is 24.0 Å². The second-order valence-electron chi connectivity index (χ2n) is 4.81. The van der Waals surface area contributed by atoms with Gasteiger partial charge in [-0.25, -0.2) is 0 Å². The summed E-state index contributed by atoms with van der Waals surface area (Å²) in [6, 6.07) is 4.99. The van der Waals surface area contributed by atoms with Crippen LogP contribution in [-0.4, -0.2) is 28.8 Å². The Balaban J connectivity index is 2.06. The van der Waals surface area contributed by atoms with Crippen LogP contribution in [0.3, 0.4) is 0 Å². The maximum Gasteiger partial charge on any atom is 0.266 e. The molecule has 0 radical (unpaired) electrons. The Labute approximate surface area is 141 Å². The minimum Gasteiger partial charge on any atom is -0.497 e. The molecule has 1 aromatic carbocycles. The summed E-state index contributed by atoms with van der Waals surface area (Å²) in [4.78, 5) is 26.7. The molecule has 118 valence electrons. The van der Waals surface area contributed by atoms with Crippen LogP contribution in [0.5, 0.6) is 5.75 Å². The van der Waals surface area contributed by atoms with Crippen molar-refractivity contribution in [2.75, 3.05) is 13.7 Å². The maximum atomic E-state index is 12.5. The van der Waals surface area contributed by atoms with Gasteiger partial charge in [0.2, 0.25) is 0 Å². The van der Waals surface area contributed by atoms with E-state index in [0.717, 1.165) is 0 Å². The standard InChI is InChI=1S/C16H13NO4S2/c1-3-17-15(19)13(23-16(17)22)6-9-8-21-12-7-10(20-2)4-5-11(12)14(9)18/h4-8H,3H2,1-2H3/b13-6-. The van der Waals surface area contributed by atoms with Crippen molar-refractivity contribution in [2.45, 2.75) is 6.92 Å². The first kappa shape index (κ1) is 15.8. The van der Waals surface area contributed by atoms with Crippen LogP contribution in [0.1, 0.15) is 12.5 Å². The highest BCUT2D eigenvalue weighted by Crippen LogP contribution is 2.32. The third-order valence-corrected chi connectivity index (χ3v) is 4.86. The molecule has 1 aromatic heterocycles. The Morgan fingerprint density at radius 2 is 2.17 bits per heavy atom. The lowest BCUT2D eigenvalue weighted by Crippen LogP contribution is -2.27. The van der Waals surface area contributed by atoms with Crippen LogP contribution in [0, 0.1) is 0 Å². The summed E-state index contributed by atoms with van der Waals surface area (Å²) in [5.74, 6) is 0.425. The minimum absolute atomic E-state index is 0.184. The molecule has 2 aromatic rings. The summed E-state index contributed by atoms with van der Waals surface area (Å²) in [6.45, 7) is 2.36. The molecular weight excluding hydrogens is 334 g/mol. The average Bonchev–Trinajstić information content (AvgIpc) is 2.83. The van der Waals surface area contributed by atoms with Crippen molar-refractivity contribution >= 4 is 51.3 Å². The first-order chi connectivity index (χ1) is 11.0. The second kappa shape index (κ2) is 6.17. The van der Waals surface area contributed by atoms with Gasteiger partial charge < -0.3 is 9.15 Å². The van der Waals surface area contributed by atoms with Crippen molar-refractivity contribution in [2.24, 2.45) is 0 Å². The number of methoxy groups -OCH3 is 1. The highest BCUT2D eigenvalue weighted by Gasteiger charge is 2.30. The van der Waals surface area contributed by atoms with Gasteiger partial charge in [-0.15, -0.1) is 0 Å². The number of amides is 1. The van der Waals surface area contributed by atoms with Crippen molar-refractivity contribution in [3.63, 3.8) is 0 Å². The maximum absolute atomic E-state index is 12.5. The van der Waals surface area contributed by atoms with E-state index in [9.17, 15) is 9.59 Å². The third kappa shape index (κ3) is 2.77. The molecule has 0 saturated carbocycles. The predicted molar refractivity (Wildman–Crippen MR) is 94.6 cm³/mol. The van der Waals surface area contributed by atoms with Gasteiger partial charge in [0.15, 0.2) is 5.43 Å². The van der Waals surface area contributed by atoms with Gasteiger partial charge in [0.1, 0.15) is 21.9 Å². The van der Waals surface area contributed by atoms with Crippen LogP contribution in [0.25, 0.3) is 17.0 Å². The number of carbonyl (C=O) groups excluding carboxylic acids is 1. The van der Waals surface area contributed by atoms with Gasteiger partial charge in [-0.2, -0.15) is 0 Å². The Bertz CT molecular complexity index is 901. The molecular formula is C16H13NO4S2. The highest BCUT2D eigenvalue weighted by atomic mass is 32.2. The number of rotatable bonds is 3. The molecule has 23 heavy (non-hydrogen) atoms. The van der Waals surface area contributed by atoms with E-state index >= 15 is 0 Å². The summed E-state index contributed by atoms with van der Waals surface area (Å²) in [7, 11) is 1.55. The number of thiocarbonyl (C=S) groups is 1. The smallest absolute Gasteiger partial charge is 0.266 e. The van der Waals surface area contributed by atoms with Crippen molar-refractivity contribution in [1.82, 2.24) is 4.90 Å². The molecule has 0 N–H and O–H groups in total. The lowest BCUT2D eigenvalue weighted by atomic mass is 10.1. The van der Waals surface area contributed by atoms with Crippen LogP contribution < -0.4 is 10.2 Å². The Kier molecular flexibility index (Phi) is 4.23. The zero-order valence-electron chi connectivity index (χ0n) is 12.5. The van der Waals surface area contributed by atoms with Crippen LogP contribution >= 0.6 is 24.0 Å². The number of carbonyl (C=O) groups is 1. The molecule has 0 spiro atoms. The Hall–Kier alpha value is -2.12. The summed E-state index contributed by atoms with van der Waals surface area (Å²) < 4.78 is 11.1. The van der Waals surface area contributed by atoms with Gasteiger partial charge in [0.05, 0.1) is 23.0 Å². The fourth-order valence-electron chi connectivity index (χ4n) is 2.26. The monoisotopic (exact) mass is 347 g/mol. The molecule has 2 heterocycles. The molecule has 7 heteroatoms. The molecule has 1 amide bonds. The van der Waals surface area contributed by atoms with E-state index < -0.39 is 0 Å². The van der Waals surface area contributed by atoms with Crippen molar-refractivity contribution < 1.29 is 13.9 Å². The van der Waals surface area contributed by atoms with Crippen LogP contribution in [0.15, 0.2) is 38.6 Å². The van der Waals surface area contributed by atoms with Gasteiger partial charge in [-0.05, 0) is 25.1 Å². The predicted octanol–water partition coefficient (Wildman–Crippen LogP) is 3.02. The average molecular weight is 347 g/mol. The molecule has 1 saturated heterocycles. The van der Waals surface area contributed by atoms with E-state index in [1.165, 1.54) is 29.0 Å². The summed E-state index contributed by atoms with van der Waals surface area (Å²) >= 11 is 6.35. The van der Waals surface area contributed by atoms with E-state index in [1.807, 2.05) is 6.92 Å². The number of likely N-dealkylation sites (N-methyl/N-ethyl adjacent to an activating group) is 1. The summed E-state index contributed by atoms with van der Waals surface area (Å²) in [5.41, 5.74) is 0.558. The van der Waals surface area contributed by atoms with Crippen LogP contribution in [-0.2, 0) is 4.79 Å². The molecule has 0 aliphatic carbocycles. The quantitative estimate of drug-likeness (QED) is 0.628. The van der Waals surface area contributed by atoms with E-state index in [1.54, 1.807) is 25.3 Å². The van der Waals surface area contributed by atoms with Crippen LogP contribution in [0.2, 0.25) is 0 Å². The number of hydrogen-bond acceptors (Lipinski definition) is 6. The molecule has 0 atom stereocenters. The molecule has 3 rings (SSSR count). The van der Waals surface area contributed by atoms with Gasteiger partial charge >= 0.3 is 0 Å². The number of benzene rings is 1. The zero-order chi connectivity index (χ0) is 16.6. The molecule has 1 aliphatic rings. The number of hydrogen-bond donors (Lipinski definition) is 0. The largest absolute Gasteiger partial charge is 0.497 e.